The van der Waals surface area contributed by atoms with Gasteiger partial charge < -0.3 is 0 Å². The van der Waals surface area contributed by atoms with Crippen molar-refractivity contribution in [2.45, 2.75) is 24.5 Å². The average Bonchev–Trinajstić information content (AvgIpc) is 2.04. The molecule has 0 aliphatic carbocycles. The van der Waals surface area contributed by atoms with Gasteiger partial charge in [0.05, 0.1) is 0 Å². The second kappa shape index (κ2) is 4.92. The van der Waals surface area contributed by atoms with Crippen molar-refractivity contribution in [3.8, 4) is 0 Å². The van der Waals surface area contributed by atoms with Crippen LogP contribution in [0.2, 0.25) is 0 Å². The fourth-order valence-corrected chi connectivity index (χ4v) is 2.23. The first-order valence-corrected chi connectivity index (χ1v) is 5.92. The van der Waals surface area contributed by atoms with Crippen molar-refractivity contribution in [1.29, 1.82) is 0 Å². The topological polar surface area (TPSA) is 0 Å². The van der Waals surface area contributed by atoms with E-state index in [0.717, 1.165) is 11.5 Å². The standard InChI is InChI=1S/C11H15ClS/c1-11(2,12)9-13-8-10-6-4-3-5-7-10/h3-7H,8-9H2,1-2H3. The van der Waals surface area contributed by atoms with E-state index >= 15 is 0 Å². The Morgan fingerprint density at radius 1 is 1.23 bits per heavy atom. The van der Waals surface area contributed by atoms with Crippen molar-refractivity contribution < 1.29 is 0 Å². The van der Waals surface area contributed by atoms with Crippen LogP contribution in [0.4, 0.5) is 0 Å². The Kier molecular flexibility index (Phi) is 4.14. The molecule has 0 N–H and O–H groups in total. The highest BCUT2D eigenvalue weighted by Crippen LogP contribution is 2.22. The molecule has 1 aromatic carbocycles. The van der Waals surface area contributed by atoms with E-state index in [9.17, 15) is 0 Å². The number of halogens is 1. The van der Waals surface area contributed by atoms with Gasteiger partial charge in [0.15, 0.2) is 0 Å². The minimum Gasteiger partial charge on any atom is -0.155 e. The molecule has 72 valence electrons. The van der Waals surface area contributed by atoms with E-state index in [2.05, 4.69) is 24.3 Å². The van der Waals surface area contributed by atoms with Crippen LogP contribution in [0.5, 0.6) is 0 Å². The molecule has 0 nitrogen and oxygen atoms in total. The highest BCUT2D eigenvalue weighted by atomic mass is 35.5. The van der Waals surface area contributed by atoms with Gasteiger partial charge in [-0.1, -0.05) is 30.3 Å². The number of rotatable bonds is 4. The lowest BCUT2D eigenvalue weighted by Crippen LogP contribution is -2.13. The molecule has 0 aliphatic rings. The van der Waals surface area contributed by atoms with Gasteiger partial charge in [-0.25, -0.2) is 0 Å². The zero-order valence-electron chi connectivity index (χ0n) is 8.09. The molecule has 13 heavy (non-hydrogen) atoms. The second-order valence-electron chi connectivity index (χ2n) is 3.70. The third-order valence-electron chi connectivity index (χ3n) is 1.56. The van der Waals surface area contributed by atoms with Crippen LogP contribution in [0.25, 0.3) is 0 Å². The highest BCUT2D eigenvalue weighted by Gasteiger charge is 2.12. The van der Waals surface area contributed by atoms with E-state index in [1.807, 2.05) is 31.7 Å². The van der Waals surface area contributed by atoms with Gasteiger partial charge in [-0.3, -0.25) is 0 Å². The first-order chi connectivity index (χ1) is 6.08. The van der Waals surface area contributed by atoms with Crippen LogP contribution in [-0.2, 0) is 5.75 Å². The van der Waals surface area contributed by atoms with Crippen LogP contribution in [0.3, 0.4) is 0 Å². The molecule has 0 atom stereocenters. The summed E-state index contributed by atoms with van der Waals surface area (Å²) in [5, 5.41) is 0. The maximum absolute atomic E-state index is 6.08. The van der Waals surface area contributed by atoms with E-state index in [-0.39, 0.29) is 4.87 Å². The van der Waals surface area contributed by atoms with E-state index in [0.29, 0.717) is 0 Å². The van der Waals surface area contributed by atoms with E-state index in [1.165, 1.54) is 5.56 Å². The number of thioether (sulfide) groups is 1. The first kappa shape index (κ1) is 10.9. The van der Waals surface area contributed by atoms with Crippen molar-refractivity contribution in [2.75, 3.05) is 5.75 Å². The number of benzene rings is 1. The Hall–Kier alpha value is -0.140. The quantitative estimate of drug-likeness (QED) is 0.685. The second-order valence-corrected chi connectivity index (χ2v) is 5.71. The van der Waals surface area contributed by atoms with Gasteiger partial charge in [0.1, 0.15) is 0 Å². The summed E-state index contributed by atoms with van der Waals surface area (Å²) in [5.41, 5.74) is 1.37. The summed E-state index contributed by atoms with van der Waals surface area (Å²) in [6, 6.07) is 10.5. The molecule has 2 heteroatoms. The molecule has 0 amide bonds. The Labute approximate surface area is 89.7 Å². The molecule has 0 unspecified atom stereocenters. The summed E-state index contributed by atoms with van der Waals surface area (Å²) in [7, 11) is 0. The van der Waals surface area contributed by atoms with Crippen LogP contribution in [0.15, 0.2) is 30.3 Å². The van der Waals surface area contributed by atoms with Crippen molar-refractivity contribution >= 4 is 23.4 Å². The summed E-state index contributed by atoms with van der Waals surface area (Å²) in [4.78, 5) is -0.0839. The molecule has 0 fully saturated rings. The molecule has 0 heterocycles. The van der Waals surface area contributed by atoms with Gasteiger partial charge >= 0.3 is 0 Å². The number of hydrogen-bond acceptors (Lipinski definition) is 1. The Bertz CT molecular complexity index is 238. The fraction of sp³-hybridized carbons (Fsp3) is 0.455. The van der Waals surface area contributed by atoms with Crippen LogP contribution in [0, 0.1) is 0 Å². The van der Waals surface area contributed by atoms with Crippen LogP contribution in [0.1, 0.15) is 19.4 Å². The molecule has 0 aliphatic heterocycles. The zero-order valence-corrected chi connectivity index (χ0v) is 9.66. The zero-order chi connectivity index (χ0) is 9.73. The van der Waals surface area contributed by atoms with Crippen LogP contribution < -0.4 is 0 Å². The molecule has 0 spiro atoms. The minimum atomic E-state index is -0.0839. The van der Waals surface area contributed by atoms with Crippen LogP contribution >= 0.6 is 23.4 Å². The smallest absolute Gasteiger partial charge is 0.0480 e. The molecule has 0 saturated heterocycles. The molecule has 0 aromatic heterocycles. The monoisotopic (exact) mass is 214 g/mol. The lowest BCUT2D eigenvalue weighted by atomic mass is 10.2. The Morgan fingerprint density at radius 2 is 1.85 bits per heavy atom. The SMILES string of the molecule is CC(C)(Cl)CSCc1ccccc1. The average molecular weight is 215 g/mol. The molecular formula is C11H15ClS. The summed E-state index contributed by atoms with van der Waals surface area (Å²) >= 11 is 7.96. The lowest BCUT2D eigenvalue weighted by molar-refractivity contribution is 0.801. The highest BCUT2D eigenvalue weighted by molar-refractivity contribution is 7.98. The normalized spacial score (nSPS) is 11.6. The summed E-state index contributed by atoms with van der Waals surface area (Å²) in [6.45, 7) is 4.10. The maximum Gasteiger partial charge on any atom is 0.0480 e. The molecule has 1 rings (SSSR count). The summed E-state index contributed by atoms with van der Waals surface area (Å²) in [5.74, 6) is 2.04. The van der Waals surface area contributed by atoms with Crippen molar-refractivity contribution in [2.24, 2.45) is 0 Å². The molecular weight excluding hydrogens is 200 g/mol. The predicted molar refractivity (Wildman–Crippen MR) is 62.5 cm³/mol. The number of alkyl halides is 1. The van der Waals surface area contributed by atoms with Gasteiger partial charge in [-0.05, 0) is 19.4 Å². The first-order valence-electron chi connectivity index (χ1n) is 4.38. The molecule has 0 radical (unpaired) electrons. The van der Waals surface area contributed by atoms with Gasteiger partial charge in [-0.2, -0.15) is 11.8 Å². The maximum atomic E-state index is 6.08. The fourth-order valence-electron chi connectivity index (χ4n) is 0.986. The third kappa shape index (κ3) is 5.22. The molecule has 0 saturated carbocycles. The van der Waals surface area contributed by atoms with E-state index in [4.69, 9.17) is 11.6 Å². The van der Waals surface area contributed by atoms with Crippen molar-refractivity contribution in [1.82, 2.24) is 0 Å². The van der Waals surface area contributed by atoms with E-state index < -0.39 is 0 Å². The van der Waals surface area contributed by atoms with Gasteiger partial charge in [0.25, 0.3) is 0 Å². The Morgan fingerprint density at radius 3 is 2.38 bits per heavy atom. The number of hydrogen-bond donors (Lipinski definition) is 0. The Balaban J connectivity index is 2.29. The van der Waals surface area contributed by atoms with Gasteiger partial charge in [0.2, 0.25) is 0 Å². The van der Waals surface area contributed by atoms with Crippen molar-refractivity contribution in [3.63, 3.8) is 0 Å². The summed E-state index contributed by atoms with van der Waals surface area (Å²) < 4.78 is 0. The minimum absolute atomic E-state index is 0.0839. The van der Waals surface area contributed by atoms with Gasteiger partial charge in [0, 0.05) is 16.4 Å². The largest absolute Gasteiger partial charge is 0.155 e. The van der Waals surface area contributed by atoms with E-state index in [1.54, 1.807) is 0 Å². The van der Waals surface area contributed by atoms with Crippen LogP contribution in [-0.4, -0.2) is 10.6 Å². The third-order valence-corrected chi connectivity index (χ3v) is 3.31. The lowest BCUT2D eigenvalue weighted by Gasteiger charge is -2.14. The molecule has 1 aromatic rings. The van der Waals surface area contributed by atoms with Crippen molar-refractivity contribution in [3.05, 3.63) is 35.9 Å². The van der Waals surface area contributed by atoms with Gasteiger partial charge in [-0.15, -0.1) is 11.6 Å². The molecule has 0 bridgehead atoms. The predicted octanol–water partition coefficient (Wildman–Crippen LogP) is 3.94. The summed E-state index contributed by atoms with van der Waals surface area (Å²) in [6.07, 6.45) is 0.